The van der Waals surface area contributed by atoms with Gasteiger partial charge in [-0.05, 0) is 152 Å². The molecule has 0 N–H and O–H groups in total. The van der Waals surface area contributed by atoms with Crippen molar-refractivity contribution >= 4 is 55.9 Å². The standard InChI is InChI=1S/C74H49N3/c1-4-22-50(23-5-1)73(51-24-6-2-7-25-51)63-32-14-10-28-57(63)59-46-44-55(48-67(59)73)75(53-40-42-54(43-41-53)76-69-36-18-12-30-61(69)62-31-13-19-37-70(62)76)56-45-47-60-58-29-11-15-33-64(58)74(68(60)49-56)65-34-16-20-38-71(65)77(52-26-8-3-9-27-52)72-39-21-17-35-66(72)74/h1-49H. The fourth-order valence-corrected chi connectivity index (χ4v) is 14.1. The van der Waals surface area contributed by atoms with Crippen LogP contribution in [0.2, 0.25) is 0 Å². The van der Waals surface area contributed by atoms with Gasteiger partial charge in [0.15, 0.2) is 0 Å². The third kappa shape index (κ3) is 6.02. The molecule has 360 valence electrons. The minimum atomic E-state index is -0.623. The van der Waals surface area contributed by atoms with Gasteiger partial charge < -0.3 is 14.4 Å². The fraction of sp³-hybridized carbons (Fsp3) is 0.0270. The average Bonchev–Trinajstić information content (AvgIpc) is 3.94. The first kappa shape index (κ1) is 43.4. The monoisotopic (exact) mass is 979 g/mol. The zero-order valence-electron chi connectivity index (χ0n) is 42.1. The third-order valence-corrected chi connectivity index (χ3v) is 17.0. The van der Waals surface area contributed by atoms with Crippen molar-refractivity contribution in [3.8, 4) is 27.9 Å². The van der Waals surface area contributed by atoms with Crippen molar-refractivity contribution in [2.24, 2.45) is 0 Å². The highest BCUT2D eigenvalue weighted by Gasteiger charge is 2.52. The number of hydrogen-bond acceptors (Lipinski definition) is 2. The van der Waals surface area contributed by atoms with Gasteiger partial charge in [-0.25, -0.2) is 0 Å². The average molecular weight is 980 g/mol. The first-order chi connectivity index (χ1) is 38.2. The van der Waals surface area contributed by atoms with Gasteiger partial charge in [0.1, 0.15) is 0 Å². The largest absolute Gasteiger partial charge is 0.310 e. The molecule has 0 bridgehead atoms. The second-order valence-corrected chi connectivity index (χ2v) is 20.7. The number of benzene rings is 12. The Morgan fingerprint density at radius 1 is 0.260 bits per heavy atom. The van der Waals surface area contributed by atoms with Gasteiger partial charge in [0, 0.05) is 39.2 Å². The summed E-state index contributed by atoms with van der Waals surface area (Å²) in [5.41, 5.74) is 24.2. The van der Waals surface area contributed by atoms with Crippen LogP contribution in [0.25, 0.3) is 49.7 Å². The van der Waals surface area contributed by atoms with Crippen LogP contribution >= 0.6 is 0 Å². The molecular formula is C74H49N3. The molecule has 2 aliphatic carbocycles. The predicted molar refractivity (Wildman–Crippen MR) is 318 cm³/mol. The van der Waals surface area contributed by atoms with Gasteiger partial charge in [-0.1, -0.05) is 212 Å². The predicted octanol–water partition coefficient (Wildman–Crippen LogP) is 18.8. The Labute approximate surface area is 448 Å². The second-order valence-electron chi connectivity index (χ2n) is 20.7. The highest BCUT2D eigenvalue weighted by atomic mass is 15.2. The van der Waals surface area contributed by atoms with Crippen LogP contribution < -0.4 is 9.80 Å². The highest BCUT2D eigenvalue weighted by molar-refractivity contribution is 6.09. The molecule has 0 atom stereocenters. The number of aromatic nitrogens is 1. The van der Waals surface area contributed by atoms with Crippen LogP contribution in [0.5, 0.6) is 0 Å². The Morgan fingerprint density at radius 2 is 0.649 bits per heavy atom. The van der Waals surface area contributed by atoms with Gasteiger partial charge in [-0.15, -0.1) is 0 Å². The summed E-state index contributed by atoms with van der Waals surface area (Å²) in [5.74, 6) is 0. The molecule has 1 spiro atoms. The quantitative estimate of drug-likeness (QED) is 0.158. The number of anilines is 6. The number of fused-ring (bicyclic) bond motifs is 15. The molecule has 0 radical (unpaired) electrons. The molecule has 0 fully saturated rings. The van der Waals surface area contributed by atoms with E-state index in [1.165, 1.54) is 99.9 Å². The molecular weight excluding hydrogens is 931 g/mol. The molecule has 0 saturated carbocycles. The smallest absolute Gasteiger partial charge is 0.0755 e. The Morgan fingerprint density at radius 3 is 1.18 bits per heavy atom. The van der Waals surface area contributed by atoms with E-state index in [-0.39, 0.29) is 0 Å². The van der Waals surface area contributed by atoms with E-state index in [4.69, 9.17) is 0 Å². The number of rotatable bonds is 7. The van der Waals surface area contributed by atoms with Crippen LogP contribution in [0.1, 0.15) is 44.5 Å². The zero-order valence-corrected chi connectivity index (χ0v) is 42.1. The Hall–Kier alpha value is -9.96. The molecule has 0 amide bonds. The second kappa shape index (κ2) is 16.8. The summed E-state index contributed by atoms with van der Waals surface area (Å²) in [4.78, 5) is 4.97. The SMILES string of the molecule is c1ccc(N2c3ccccc3C3(c4ccccc4-c4ccc(N(c5ccc(-n6c7ccccc7c7ccccc76)cc5)c5ccc6c(c5)C(c5ccccc5)(c5ccccc5)c5ccccc5-6)cc43)c3ccccc32)cc1. The zero-order chi connectivity index (χ0) is 50.7. The highest BCUT2D eigenvalue weighted by Crippen LogP contribution is 2.64. The van der Waals surface area contributed by atoms with Crippen LogP contribution in [-0.2, 0) is 10.8 Å². The fourth-order valence-electron chi connectivity index (χ4n) is 14.1. The van der Waals surface area contributed by atoms with Crippen LogP contribution in [-0.4, -0.2) is 4.57 Å². The topological polar surface area (TPSA) is 11.4 Å². The van der Waals surface area contributed by atoms with Gasteiger partial charge >= 0.3 is 0 Å². The number of hydrogen-bond donors (Lipinski definition) is 0. The van der Waals surface area contributed by atoms with Crippen molar-refractivity contribution in [1.29, 1.82) is 0 Å². The van der Waals surface area contributed by atoms with Gasteiger partial charge in [0.05, 0.1) is 33.2 Å². The van der Waals surface area contributed by atoms with Crippen molar-refractivity contribution in [3.05, 3.63) is 342 Å². The molecule has 3 heteroatoms. The number of nitrogens with zero attached hydrogens (tertiary/aromatic N) is 3. The molecule has 12 aromatic carbocycles. The van der Waals surface area contributed by atoms with Gasteiger partial charge in [-0.2, -0.15) is 0 Å². The lowest BCUT2D eigenvalue weighted by molar-refractivity contribution is 0.752. The normalized spacial score (nSPS) is 13.9. The summed E-state index contributed by atoms with van der Waals surface area (Å²) in [6.45, 7) is 0. The van der Waals surface area contributed by atoms with Crippen molar-refractivity contribution in [2.45, 2.75) is 10.8 Å². The lowest BCUT2D eigenvalue weighted by atomic mass is 9.64. The molecule has 77 heavy (non-hydrogen) atoms. The molecule has 13 aromatic rings. The van der Waals surface area contributed by atoms with E-state index in [0.29, 0.717) is 0 Å². The molecule has 0 unspecified atom stereocenters. The van der Waals surface area contributed by atoms with Crippen molar-refractivity contribution < 1.29 is 0 Å². The van der Waals surface area contributed by atoms with Crippen molar-refractivity contribution in [3.63, 3.8) is 0 Å². The van der Waals surface area contributed by atoms with Crippen LogP contribution in [0.15, 0.2) is 297 Å². The van der Waals surface area contributed by atoms with E-state index in [2.05, 4.69) is 312 Å². The minimum absolute atomic E-state index is 0.569. The summed E-state index contributed by atoms with van der Waals surface area (Å²) < 4.78 is 2.41. The van der Waals surface area contributed by atoms with E-state index in [1.807, 2.05) is 0 Å². The van der Waals surface area contributed by atoms with Gasteiger partial charge in [0.2, 0.25) is 0 Å². The van der Waals surface area contributed by atoms with E-state index in [0.717, 1.165) is 28.4 Å². The maximum Gasteiger partial charge on any atom is 0.0755 e. The lowest BCUT2D eigenvalue weighted by Gasteiger charge is -2.45. The summed E-state index contributed by atoms with van der Waals surface area (Å²) in [6, 6.07) is 111. The third-order valence-electron chi connectivity index (χ3n) is 17.0. The number of para-hydroxylation sites is 5. The maximum absolute atomic E-state index is 2.52. The molecule has 1 aliphatic heterocycles. The van der Waals surface area contributed by atoms with Crippen LogP contribution in [0.3, 0.4) is 0 Å². The molecule has 16 rings (SSSR count). The Kier molecular flexibility index (Phi) is 9.47. The van der Waals surface area contributed by atoms with Crippen molar-refractivity contribution in [2.75, 3.05) is 9.80 Å². The van der Waals surface area contributed by atoms with E-state index in [9.17, 15) is 0 Å². The molecule has 3 aliphatic rings. The Bertz CT molecular complexity index is 4320. The summed E-state index contributed by atoms with van der Waals surface area (Å²) in [5, 5.41) is 2.50. The van der Waals surface area contributed by atoms with E-state index < -0.39 is 10.8 Å². The van der Waals surface area contributed by atoms with E-state index in [1.54, 1.807) is 0 Å². The lowest BCUT2D eigenvalue weighted by Crippen LogP contribution is -2.36. The van der Waals surface area contributed by atoms with E-state index >= 15 is 0 Å². The van der Waals surface area contributed by atoms with Crippen molar-refractivity contribution in [1.82, 2.24) is 4.57 Å². The van der Waals surface area contributed by atoms with Gasteiger partial charge in [-0.3, -0.25) is 0 Å². The maximum atomic E-state index is 2.52. The van der Waals surface area contributed by atoms with Crippen LogP contribution in [0, 0.1) is 0 Å². The molecule has 3 nitrogen and oxygen atoms in total. The van der Waals surface area contributed by atoms with Gasteiger partial charge in [0.25, 0.3) is 0 Å². The first-order valence-electron chi connectivity index (χ1n) is 26.8. The minimum Gasteiger partial charge on any atom is -0.310 e. The molecule has 2 heterocycles. The summed E-state index contributed by atoms with van der Waals surface area (Å²) in [7, 11) is 0. The Balaban J connectivity index is 0.959. The summed E-state index contributed by atoms with van der Waals surface area (Å²) >= 11 is 0. The molecule has 0 saturated heterocycles. The first-order valence-corrected chi connectivity index (χ1v) is 26.8. The van der Waals surface area contributed by atoms with Crippen LogP contribution in [0.4, 0.5) is 34.1 Å². The molecule has 1 aromatic heterocycles. The summed E-state index contributed by atoms with van der Waals surface area (Å²) in [6.07, 6.45) is 0.